The van der Waals surface area contributed by atoms with Crippen molar-refractivity contribution in [3.8, 4) is 0 Å². The molecule has 0 aliphatic rings. The van der Waals surface area contributed by atoms with Gasteiger partial charge in [-0.1, -0.05) is 131 Å². The van der Waals surface area contributed by atoms with Crippen LogP contribution in [0.5, 0.6) is 0 Å². The Balaban J connectivity index is 3.96. The summed E-state index contributed by atoms with van der Waals surface area (Å²) < 4.78 is 0. The molecule has 0 bridgehead atoms. The van der Waals surface area contributed by atoms with Gasteiger partial charge in [-0.2, -0.15) is 0 Å². The molecule has 0 atom stereocenters. The summed E-state index contributed by atoms with van der Waals surface area (Å²) in [5.74, 6) is -0.267. The number of carboxylic acids is 1. The second kappa shape index (κ2) is 22.2. The second-order valence-corrected chi connectivity index (χ2v) is 11.0. The van der Waals surface area contributed by atoms with Gasteiger partial charge in [-0.25, -0.2) is 4.79 Å². The zero-order chi connectivity index (χ0) is 25.6. The van der Waals surface area contributed by atoms with Gasteiger partial charge in [-0.3, -0.25) is 4.79 Å². The molecule has 0 aromatic carbocycles. The number of carboxylic acid groups (broad SMARTS) is 1. The standard InChI is InChI=1S/C30H57NO3/c1-6-7-8-9-10-11-12-13-14-15-16-17-18-19-20-21-22-28(30(33)34)23-29(32)31(24-26(2)3)25-27(4)5/h22,26-27H,6-21,23-25H2,1-5H3,(H,33,34)/b28-22+. The van der Waals surface area contributed by atoms with E-state index in [1.807, 2.05) is 4.90 Å². The molecule has 0 saturated carbocycles. The predicted molar refractivity (Wildman–Crippen MR) is 146 cm³/mol. The molecule has 0 aliphatic carbocycles. The number of carbonyl (C=O) groups excluding carboxylic acids is 1. The van der Waals surface area contributed by atoms with Gasteiger partial charge in [-0.15, -0.1) is 0 Å². The van der Waals surface area contributed by atoms with Crippen LogP contribution in [-0.2, 0) is 9.59 Å². The van der Waals surface area contributed by atoms with Crippen LogP contribution in [0.4, 0.5) is 0 Å². The van der Waals surface area contributed by atoms with Crippen molar-refractivity contribution in [3.63, 3.8) is 0 Å². The SMILES string of the molecule is CCCCCCCCCCCCCCCCC/C=C(\CC(=O)N(CC(C)C)CC(C)C)C(=O)O. The minimum Gasteiger partial charge on any atom is -0.478 e. The largest absolute Gasteiger partial charge is 0.478 e. The number of rotatable bonds is 23. The van der Waals surface area contributed by atoms with Crippen LogP contribution in [0.3, 0.4) is 0 Å². The van der Waals surface area contributed by atoms with E-state index in [1.54, 1.807) is 6.08 Å². The first kappa shape index (κ1) is 32.7. The first-order chi connectivity index (χ1) is 16.3. The monoisotopic (exact) mass is 479 g/mol. The number of hydrogen-bond donors (Lipinski definition) is 1. The van der Waals surface area contributed by atoms with Crippen LogP contribution in [0, 0.1) is 11.8 Å². The number of allylic oxidation sites excluding steroid dienone is 1. The van der Waals surface area contributed by atoms with Gasteiger partial charge in [0.1, 0.15) is 0 Å². The summed E-state index contributed by atoms with van der Waals surface area (Å²) in [5.41, 5.74) is 0.257. The van der Waals surface area contributed by atoms with E-state index < -0.39 is 5.97 Å². The lowest BCUT2D eigenvalue weighted by atomic mass is 10.0. The van der Waals surface area contributed by atoms with Gasteiger partial charge in [0.05, 0.1) is 6.42 Å². The summed E-state index contributed by atoms with van der Waals surface area (Å²) >= 11 is 0. The van der Waals surface area contributed by atoms with Crippen LogP contribution in [0.1, 0.15) is 144 Å². The highest BCUT2D eigenvalue weighted by Crippen LogP contribution is 2.15. The Labute approximate surface area is 212 Å². The fraction of sp³-hybridized carbons (Fsp3) is 0.867. The van der Waals surface area contributed by atoms with Crippen LogP contribution in [-0.4, -0.2) is 35.0 Å². The molecule has 4 nitrogen and oxygen atoms in total. The van der Waals surface area contributed by atoms with Crippen LogP contribution in [0.2, 0.25) is 0 Å². The zero-order valence-electron chi connectivity index (χ0n) is 23.4. The molecule has 0 radical (unpaired) electrons. The van der Waals surface area contributed by atoms with Crippen LogP contribution in [0.15, 0.2) is 11.6 Å². The van der Waals surface area contributed by atoms with E-state index in [4.69, 9.17) is 0 Å². The Hall–Kier alpha value is -1.32. The van der Waals surface area contributed by atoms with E-state index in [0.717, 1.165) is 19.3 Å². The smallest absolute Gasteiger partial charge is 0.331 e. The molecule has 1 N–H and O–H groups in total. The fourth-order valence-electron chi connectivity index (χ4n) is 4.46. The summed E-state index contributed by atoms with van der Waals surface area (Å²) in [6.07, 6.45) is 22.4. The summed E-state index contributed by atoms with van der Waals surface area (Å²) in [7, 11) is 0. The summed E-state index contributed by atoms with van der Waals surface area (Å²) in [4.78, 5) is 26.2. The average molecular weight is 480 g/mol. The Morgan fingerprint density at radius 2 is 1.06 bits per heavy atom. The lowest BCUT2D eigenvalue weighted by Crippen LogP contribution is -2.37. The number of carbonyl (C=O) groups is 2. The molecule has 0 heterocycles. The zero-order valence-corrected chi connectivity index (χ0v) is 23.4. The van der Waals surface area contributed by atoms with E-state index in [2.05, 4.69) is 34.6 Å². The lowest BCUT2D eigenvalue weighted by Gasteiger charge is -2.26. The maximum Gasteiger partial charge on any atom is 0.331 e. The van der Waals surface area contributed by atoms with Gasteiger partial charge in [-0.05, 0) is 24.7 Å². The van der Waals surface area contributed by atoms with Crippen molar-refractivity contribution < 1.29 is 14.7 Å². The average Bonchev–Trinajstić information content (AvgIpc) is 2.76. The first-order valence-corrected chi connectivity index (χ1v) is 14.5. The highest BCUT2D eigenvalue weighted by molar-refractivity contribution is 5.94. The van der Waals surface area contributed by atoms with Gasteiger partial charge < -0.3 is 10.0 Å². The predicted octanol–water partition coefficient (Wildman–Crippen LogP) is 8.79. The van der Waals surface area contributed by atoms with Gasteiger partial charge in [0.2, 0.25) is 5.91 Å². The Bertz CT molecular complexity index is 529. The Morgan fingerprint density at radius 1 is 0.676 bits per heavy atom. The molecule has 200 valence electrons. The molecule has 0 unspecified atom stereocenters. The summed E-state index contributed by atoms with van der Waals surface area (Å²) in [6.45, 7) is 12.0. The Kier molecular flexibility index (Phi) is 21.3. The van der Waals surface area contributed by atoms with E-state index in [0.29, 0.717) is 24.9 Å². The maximum absolute atomic E-state index is 12.7. The molecule has 0 saturated heterocycles. The fourth-order valence-corrected chi connectivity index (χ4v) is 4.46. The molecule has 0 aromatic heterocycles. The number of amides is 1. The van der Waals surface area contributed by atoms with Crippen molar-refractivity contribution in [2.75, 3.05) is 13.1 Å². The molecular weight excluding hydrogens is 422 g/mol. The third kappa shape index (κ3) is 20.1. The number of nitrogens with zero attached hydrogens (tertiary/aromatic N) is 1. The third-order valence-corrected chi connectivity index (χ3v) is 6.34. The topological polar surface area (TPSA) is 57.6 Å². The van der Waals surface area contributed by atoms with E-state index >= 15 is 0 Å². The van der Waals surface area contributed by atoms with Gasteiger partial charge in [0, 0.05) is 18.7 Å². The molecule has 0 aliphatic heterocycles. The van der Waals surface area contributed by atoms with Crippen LogP contribution >= 0.6 is 0 Å². The molecule has 0 fully saturated rings. The van der Waals surface area contributed by atoms with Gasteiger partial charge in [0.25, 0.3) is 0 Å². The van der Waals surface area contributed by atoms with Crippen molar-refractivity contribution in [1.82, 2.24) is 4.90 Å². The third-order valence-electron chi connectivity index (χ3n) is 6.34. The van der Waals surface area contributed by atoms with E-state index in [1.165, 1.54) is 83.5 Å². The van der Waals surface area contributed by atoms with Crippen molar-refractivity contribution in [2.24, 2.45) is 11.8 Å². The van der Waals surface area contributed by atoms with Crippen LogP contribution < -0.4 is 0 Å². The first-order valence-electron chi connectivity index (χ1n) is 14.5. The normalized spacial score (nSPS) is 12.0. The summed E-state index contributed by atoms with van der Waals surface area (Å²) in [5, 5.41) is 9.55. The maximum atomic E-state index is 12.7. The molecule has 0 aromatic rings. The van der Waals surface area contributed by atoms with Crippen molar-refractivity contribution >= 4 is 11.9 Å². The molecular formula is C30H57NO3. The van der Waals surface area contributed by atoms with E-state index in [-0.39, 0.29) is 17.9 Å². The van der Waals surface area contributed by atoms with E-state index in [9.17, 15) is 14.7 Å². The van der Waals surface area contributed by atoms with Crippen molar-refractivity contribution in [3.05, 3.63) is 11.6 Å². The Morgan fingerprint density at radius 3 is 1.41 bits per heavy atom. The van der Waals surface area contributed by atoms with Gasteiger partial charge in [0.15, 0.2) is 0 Å². The number of unbranched alkanes of at least 4 members (excludes halogenated alkanes) is 15. The quantitative estimate of drug-likeness (QED) is 0.118. The molecule has 4 heteroatoms. The second-order valence-electron chi connectivity index (χ2n) is 11.0. The van der Waals surface area contributed by atoms with Crippen molar-refractivity contribution in [2.45, 2.75) is 144 Å². The summed E-state index contributed by atoms with van der Waals surface area (Å²) in [6, 6.07) is 0. The van der Waals surface area contributed by atoms with Gasteiger partial charge >= 0.3 is 5.97 Å². The highest BCUT2D eigenvalue weighted by Gasteiger charge is 2.20. The minimum atomic E-state index is -0.955. The van der Waals surface area contributed by atoms with Crippen molar-refractivity contribution in [1.29, 1.82) is 0 Å². The molecule has 0 rings (SSSR count). The number of hydrogen-bond acceptors (Lipinski definition) is 2. The highest BCUT2D eigenvalue weighted by atomic mass is 16.4. The van der Waals surface area contributed by atoms with Crippen LogP contribution in [0.25, 0.3) is 0 Å². The molecule has 34 heavy (non-hydrogen) atoms. The lowest BCUT2D eigenvalue weighted by molar-refractivity contribution is -0.136. The number of aliphatic carboxylic acids is 1. The molecule has 1 amide bonds. The minimum absolute atomic E-state index is 0.00745. The molecule has 0 spiro atoms.